The molecule has 0 saturated heterocycles. The van der Waals surface area contributed by atoms with E-state index in [0.29, 0.717) is 38.5 Å². The van der Waals surface area contributed by atoms with E-state index in [9.17, 15) is 4.39 Å². The third-order valence-corrected chi connectivity index (χ3v) is 2.54. The topological polar surface area (TPSA) is 30.5 Å². The number of methoxy groups -OCH3 is 1. The van der Waals surface area contributed by atoms with Gasteiger partial charge in [-0.3, -0.25) is 0 Å². The van der Waals surface area contributed by atoms with E-state index in [1.165, 1.54) is 12.1 Å². The van der Waals surface area contributed by atoms with E-state index in [1.807, 2.05) is 0 Å². The summed E-state index contributed by atoms with van der Waals surface area (Å²) in [7, 11) is 1.64. The zero-order valence-electron chi connectivity index (χ0n) is 11.2. The van der Waals surface area contributed by atoms with Crippen molar-refractivity contribution in [2.75, 3.05) is 26.9 Å². The zero-order valence-corrected chi connectivity index (χ0v) is 11.2. The molecule has 0 heterocycles. The molecule has 3 nitrogen and oxygen atoms in total. The second-order valence-corrected chi connectivity index (χ2v) is 4.08. The lowest BCUT2D eigenvalue weighted by Crippen LogP contribution is -2.19. The van der Waals surface area contributed by atoms with Gasteiger partial charge in [0, 0.05) is 32.2 Å². The van der Waals surface area contributed by atoms with Gasteiger partial charge < -0.3 is 14.8 Å². The van der Waals surface area contributed by atoms with E-state index >= 15 is 0 Å². The first kappa shape index (κ1) is 15.5. The van der Waals surface area contributed by atoms with Gasteiger partial charge in [-0.1, -0.05) is 0 Å². The molecule has 0 unspecified atom stereocenters. The lowest BCUT2D eigenvalue weighted by molar-refractivity contribution is 0.199. The molecule has 0 aliphatic heterocycles. The van der Waals surface area contributed by atoms with Gasteiger partial charge in [0.25, 0.3) is 0 Å². The summed E-state index contributed by atoms with van der Waals surface area (Å²) in [6.07, 6.45) is 6.65. The molecule has 0 fully saturated rings. The molecular weight excluding hydrogens is 245 g/mol. The quantitative estimate of drug-likeness (QED) is 0.549. The van der Waals surface area contributed by atoms with Crippen LogP contribution >= 0.6 is 0 Å². The van der Waals surface area contributed by atoms with Gasteiger partial charge in [0.05, 0.1) is 13.2 Å². The largest absolute Gasteiger partial charge is 0.493 e. The maximum absolute atomic E-state index is 13.2. The summed E-state index contributed by atoms with van der Waals surface area (Å²) in [5, 5.41) is 3.17. The third-order valence-electron chi connectivity index (χ3n) is 2.54. The first-order chi connectivity index (χ1) is 9.27. The van der Waals surface area contributed by atoms with Gasteiger partial charge >= 0.3 is 0 Å². The van der Waals surface area contributed by atoms with Crippen molar-refractivity contribution in [2.24, 2.45) is 0 Å². The summed E-state index contributed by atoms with van der Waals surface area (Å²) in [5.41, 5.74) is 0.803. The predicted octanol–water partition coefficient (Wildman–Crippen LogP) is 2.35. The Balaban J connectivity index is 2.51. The van der Waals surface area contributed by atoms with Crippen LogP contribution in [0.4, 0.5) is 4.39 Å². The normalized spacial score (nSPS) is 10.2. The molecule has 1 aromatic rings. The molecule has 4 heteroatoms. The first-order valence-corrected chi connectivity index (χ1v) is 6.32. The lowest BCUT2D eigenvalue weighted by atomic mass is 10.2. The second-order valence-electron chi connectivity index (χ2n) is 4.08. The Hall–Kier alpha value is -1.57. The monoisotopic (exact) mass is 265 g/mol. The van der Waals surface area contributed by atoms with Crippen LogP contribution < -0.4 is 10.1 Å². The van der Waals surface area contributed by atoms with Crippen molar-refractivity contribution in [3.63, 3.8) is 0 Å². The Kier molecular flexibility index (Phi) is 7.64. The Morgan fingerprint density at radius 1 is 1.37 bits per heavy atom. The number of nitrogens with one attached hydrogen (secondary N) is 1. The van der Waals surface area contributed by atoms with Gasteiger partial charge in [-0.25, -0.2) is 4.39 Å². The van der Waals surface area contributed by atoms with Gasteiger partial charge in [0.2, 0.25) is 0 Å². The molecule has 1 rings (SSSR count). The molecule has 0 aliphatic carbocycles. The molecule has 0 saturated carbocycles. The molecule has 0 atom stereocenters. The number of benzene rings is 1. The number of unbranched alkanes of at least 4 members (excludes halogenated alkanes) is 1. The number of ether oxygens (including phenoxy) is 2. The highest BCUT2D eigenvalue weighted by atomic mass is 19.1. The van der Waals surface area contributed by atoms with Crippen LogP contribution in [0.3, 0.4) is 0 Å². The SMILES string of the molecule is C#CCCCOc1ccc(F)cc1CNCCOC. The van der Waals surface area contributed by atoms with E-state index in [1.54, 1.807) is 13.2 Å². The minimum Gasteiger partial charge on any atom is -0.493 e. The van der Waals surface area contributed by atoms with E-state index in [-0.39, 0.29) is 5.82 Å². The fourth-order valence-electron chi connectivity index (χ4n) is 1.58. The average molecular weight is 265 g/mol. The smallest absolute Gasteiger partial charge is 0.123 e. The molecular formula is C15H20FNO2. The van der Waals surface area contributed by atoms with Crippen LogP contribution in [-0.4, -0.2) is 26.9 Å². The Morgan fingerprint density at radius 3 is 2.95 bits per heavy atom. The van der Waals surface area contributed by atoms with Crippen molar-refractivity contribution in [3.8, 4) is 18.1 Å². The van der Waals surface area contributed by atoms with Crippen molar-refractivity contribution in [3.05, 3.63) is 29.6 Å². The van der Waals surface area contributed by atoms with Crippen LogP contribution in [0, 0.1) is 18.2 Å². The Morgan fingerprint density at radius 2 is 2.21 bits per heavy atom. The minimum atomic E-state index is -0.264. The lowest BCUT2D eigenvalue weighted by Gasteiger charge is -2.12. The highest BCUT2D eigenvalue weighted by Crippen LogP contribution is 2.20. The number of terminal acetylenes is 1. The third kappa shape index (κ3) is 6.23. The fraction of sp³-hybridized carbons (Fsp3) is 0.467. The van der Waals surface area contributed by atoms with Gasteiger partial charge in [-0.05, 0) is 24.6 Å². The maximum Gasteiger partial charge on any atom is 0.123 e. The van der Waals surface area contributed by atoms with Crippen LogP contribution in [0.1, 0.15) is 18.4 Å². The molecule has 0 aliphatic rings. The summed E-state index contributed by atoms with van der Waals surface area (Å²) in [6, 6.07) is 4.53. The van der Waals surface area contributed by atoms with E-state index in [0.717, 1.165) is 12.0 Å². The van der Waals surface area contributed by atoms with Gasteiger partial charge in [0.1, 0.15) is 11.6 Å². The summed E-state index contributed by atoms with van der Waals surface area (Å²) >= 11 is 0. The molecule has 0 bridgehead atoms. The minimum absolute atomic E-state index is 0.264. The van der Waals surface area contributed by atoms with Gasteiger partial charge in [-0.2, -0.15) is 0 Å². The molecule has 0 radical (unpaired) electrons. The van der Waals surface area contributed by atoms with Crippen molar-refractivity contribution >= 4 is 0 Å². The van der Waals surface area contributed by atoms with Crippen LogP contribution in [0.2, 0.25) is 0 Å². The number of hydrogen-bond donors (Lipinski definition) is 1. The van der Waals surface area contributed by atoms with E-state index < -0.39 is 0 Å². The van der Waals surface area contributed by atoms with E-state index in [4.69, 9.17) is 15.9 Å². The van der Waals surface area contributed by atoms with Crippen molar-refractivity contribution in [1.29, 1.82) is 0 Å². The fourth-order valence-corrected chi connectivity index (χ4v) is 1.58. The van der Waals surface area contributed by atoms with Crippen molar-refractivity contribution < 1.29 is 13.9 Å². The van der Waals surface area contributed by atoms with Crippen molar-refractivity contribution in [2.45, 2.75) is 19.4 Å². The molecule has 1 N–H and O–H groups in total. The summed E-state index contributed by atoms with van der Waals surface area (Å²) in [5.74, 6) is 2.99. The van der Waals surface area contributed by atoms with Gasteiger partial charge in [0.15, 0.2) is 0 Å². The van der Waals surface area contributed by atoms with Crippen LogP contribution in [0.15, 0.2) is 18.2 Å². The van der Waals surface area contributed by atoms with Crippen LogP contribution in [0.25, 0.3) is 0 Å². The summed E-state index contributed by atoms with van der Waals surface area (Å²) in [4.78, 5) is 0. The van der Waals surface area contributed by atoms with Crippen LogP contribution in [-0.2, 0) is 11.3 Å². The summed E-state index contributed by atoms with van der Waals surface area (Å²) in [6.45, 7) is 2.42. The number of rotatable bonds is 9. The van der Waals surface area contributed by atoms with Crippen LogP contribution in [0.5, 0.6) is 5.75 Å². The standard InChI is InChI=1S/C15H20FNO2/c1-3-4-5-9-19-15-7-6-14(16)11-13(15)12-17-8-10-18-2/h1,6-7,11,17H,4-5,8-10,12H2,2H3. The van der Waals surface area contributed by atoms with Gasteiger partial charge in [-0.15, -0.1) is 12.3 Å². The van der Waals surface area contributed by atoms with Crippen molar-refractivity contribution in [1.82, 2.24) is 5.32 Å². The first-order valence-electron chi connectivity index (χ1n) is 6.32. The zero-order chi connectivity index (χ0) is 13.9. The molecule has 0 spiro atoms. The molecule has 0 aromatic heterocycles. The maximum atomic E-state index is 13.2. The second kappa shape index (κ2) is 9.37. The summed E-state index contributed by atoms with van der Waals surface area (Å²) < 4.78 is 23.8. The number of hydrogen-bond acceptors (Lipinski definition) is 3. The molecule has 104 valence electrons. The Labute approximate surface area is 114 Å². The Bertz CT molecular complexity index is 415. The molecule has 0 amide bonds. The number of halogens is 1. The molecule has 1 aromatic carbocycles. The molecule has 19 heavy (non-hydrogen) atoms. The highest BCUT2D eigenvalue weighted by molar-refractivity contribution is 5.33. The average Bonchev–Trinajstić information content (AvgIpc) is 2.41. The van der Waals surface area contributed by atoms with E-state index in [2.05, 4.69) is 11.2 Å². The highest BCUT2D eigenvalue weighted by Gasteiger charge is 2.05. The predicted molar refractivity (Wildman–Crippen MR) is 73.5 cm³/mol.